The molecule has 0 amide bonds. The summed E-state index contributed by atoms with van der Waals surface area (Å²) in [4.78, 5) is 2.93. The van der Waals surface area contributed by atoms with Crippen LogP contribution in [0.2, 0.25) is 0 Å². The first-order valence-electron chi connectivity index (χ1n) is 8.77. The molecule has 0 N–H and O–H groups in total. The van der Waals surface area contributed by atoms with Gasteiger partial charge in [-0.3, -0.25) is 4.90 Å². The van der Waals surface area contributed by atoms with Gasteiger partial charge in [-0.15, -0.1) is 0 Å². The van der Waals surface area contributed by atoms with E-state index in [2.05, 4.69) is 11.8 Å². The van der Waals surface area contributed by atoms with Gasteiger partial charge in [0.2, 0.25) is 10.0 Å². The van der Waals surface area contributed by atoms with E-state index in [1.54, 1.807) is 16.4 Å². The molecule has 4 nitrogen and oxygen atoms in total. The van der Waals surface area contributed by atoms with Crippen LogP contribution >= 0.6 is 0 Å². The standard InChI is InChI=1S/C18H28N2O2S/c1-15-3-7-17(8-4-15)19-11-13-20(14-12-19)23(21,22)18-9-5-16(2)6-10-18/h5-6,9-10,15,17H,3-4,7-8,11-14H2,1-2H3. The fourth-order valence-electron chi connectivity index (χ4n) is 3.78. The van der Waals surface area contributed by atoms with Gasteiger partial charge in [0.25, 0.3) is 0 Å². The molecular formula is C18H28N2O2S. The minimum absolute atomic E-state index is 0.419. The summed E-state index contributed by atoms with van der Waals surface area (Å²) in [5.41, 5.74) is 1.08. The maximum absolute atomic E-state index is 12.7. The first kappa shape index (κ1) is 16.9. The molecule has 1 saturated heterocycles. The highest BCUT2D eigenvalue weighted by atomic mass is 32.2. The van der Waals surface area contributed by atoms with Gasteiger partial charge >= 0.3 is 0 Å². The van der Waals surface area contributed by atoms with Crippen molar-refractivity contribution >= 4 is 10.0 Å². The third-order valence-electron chi connectivity index (χ3n) is 5.43. The van der Waals surface area contributed by atoms with Crippen LogP contribution in [0.4, 0.5) is 0 Å². The maximum Gasteiger partial charge on any atom is 0.243 e. The van der Waals surface area contributed by atoms with E-state index >= 15 is 0 Å². The van der Waals surface area contributed by atoms with Crippen LogP contribution in [-0.4, -0.2) is 49.8 Å². The van der Waals surface area contributed by atoms with Crippen molar-refractivity contribution in [2.45, 2.75) is 50.5 Å². The number of benzene rings is 1. The molecule has 1 saturated carbocycles. The Hall–Kier alpha value is -0.910. The van der Waals surface area contributed by atoms with Gasteiger partial charge in [-0.1, -0.05) is 24.6 Å². The van der Waals surface area contributed by atoms with Gasteiger partial charge in [0, 0.05) is 32.2 Å². The molecule has 0 aromatic heterocycles. The van der Waals surface area contributed by atoms with E-state index in [4.69, 9.17) is 0 Å². The van der Waals surface area contributed by atoms with E-state index in [9.17, 15) is 8.42 Å². The molecule has 1 aliphatic carbocycles. The lowest BCUT2D eigenvalue weighted by Gasteiger charge is -2.41. The summed E-state index contributed by atoms with van der Waals surface area (Å²) in [5, 5.41) is 0. The summed E-state index contributed by atoms with van der Waals surface area (Å²) in [6.07, 6.45) is 5.16. The topological polar surface area (TPSA) is 40.6 Å². The van der Waals surface area contributed by atoms with Gasteiger partial charge in [-0.05, 0) is 50.7 Å². The molecule has 2 aliphatic rings. The quantitative estimate of drug-likeness (QED) is 0.852. The van der Waals surface area contributed by atoms with Crippen LogP contribution < -0.4 is 0 Å². The van der Waals surface area contributed by atoms with E-state index in [0.29, 0.717) is 24.0 Å². The highest BCUT2D eigenvalue weighted by Gasteiger charge is 2.32. The van der Waals surface area contributed by atoms with E-state index in [1.807, 2.05) is 19.1 Å². The third-order valence-corrected chi connectivity index (χ3v) is 7.35. The van der Waals surface area contributed by atoms with E-state index in [0.717, 1.165) is 24.6 Å². The van der Waals surface area contributed by atoms with Crippen molar-refractivity contribution in [2.24, 2.45) is 5.92 Å². The minimum atomic E-state index is -3.34. The van der Waals surface area contributed by atoms with E-state index in [1.165, 1.54) is 25.7 Å². The fourth-order valence-corrected chi connectivity index (χ4v) is 5.20. The van der Waals surface area contributed by atoms with Crippen LogP contribution in [0.3, 0.4) is 0 Å². The summed E-state index contributed by atoms with van der Waals surface area (Å²) in [6, 6.07) is 7.84. The second kappa shape index (κ2) is 6.91. The predicted molar refractivity (Wildman–Crippen MR) is 92.9 cm³/mol. The van der Waals surface area contributed by atoms with Crippen molar-refractivity contribution in [1.29, 1.82) is 0 Å². The molecule has 0 spiro atoms. The van der Waals surface area contributed by atoms with E-state index in [-0.39, 0.29) is 0 Å². The van der Waals surface area contributed by atoms with Crippen molar-refractivity contribution in [2.75, 3.05) is 26.2 Å². The molecule has 0 radical (unpaired) electrons. The Morgan fingerprint density at radius 3 is 2.04 bits per heavy atom. The van der Waals surface area contributed by atoms with Crippen LogP contribution in [0.1, 0.15) is 38.2 Å². The van der Waals surface area contributed by atoms with Gasteiger partial charge in [-0.25, -0.2) is 8.42 Å². The molecule has 128 valence electrons. The summed E-state index contributed by atoms with van der Waals surface area (Å²) in [7, 11) is -3.34. The zero-order valence-corrected chi connectivity index (χ0v) is 15.1. The van der Waals surface area contributed by atoms with Gasteiger partial charge in [0.05, 0.1) is 4.90 Å². The van der Waals surface area contributed by atoms with Gasteiger partial charge in [0.1, 0.15) is 0 Å². The number of sulfonamides is 1. The summed E-state index contributed by atoms with van der Waals surface area (Å²) in [6.45, 7) is 7.27. The minimum Gasteiger partial charge on any atom is -0.298 e. The first-order valence-corrected chi connectivity index (χ1v) is 10.2. The molecule has 1 aromatic carbocycles. The summed E-state index contributed by atoms with van der Waals surface area (Å²) in [5.74, 6) is 0.856. The van der Waals surface area contributed by atoms with Crippen molar-refractivity contribution in [3.05, 3.63) is 29.8 Å². The Bertz CT molecular complexity index is 611. The van der Waals surface area contributed by atoms with Crippen LogP contribution in [0.25, 0.3) is 0 Å². The van der Waals surface area contributed by atoms with Gasteiger partial charge in [0.15, 0.2) is 0 Å². The van der Waals surface area contributed by atoms with Gasteiger partial charge < -0.3 is 0 Å². The average Bonchev–Trinajstić information content (AvgIpc) is 2.56. The van der Waals surface area contributed by atoms with Crippen LogP contribution in [0, 0.1) is 12.8 Å². The Balaban J connectivity index is 1.61. The third kappa shape index (κ3) is 3.78. The van der Waals surface area contributed by atoms with Crippen LogP contribution in [0.15, 0.2) is 29.2 Å². The number of hydrogen-bond donors (Lipinski definition) is 0. The molecule has 1 heterocycles. The van der Waals surface area contributed by atoms with Crippen molar-refractivity contribution in [3.63, 3.8) is 0 Å². The molecular weight excluding hydrogens is 308 g/mol. The zero-order valence-electron chi connectivity index (χ0n) is 14.2. The molecule has 1 aromatic rings. The number of nitrogens with zero attached hydrogens (tertiary/aromatic N) is 2. The molecule has 2 fully saturated rings. The molecule has 0 unspecified atom stereocenters. The summed E-state index contributed by atoms with van der Waals surface area (Å²) < 4.78 is 27.1. The van der Waals surface area contributed by atoms with Gasteiger partial charge in [-0.2, -0.15) is 4.31 Å². The number of piperazine rings is 1. The summed E-state index contributed by atoms with van der Waals surface area (Å²) >= 11 is 0. The lowest BCUT2D eigenvalue weighted by molar-refractivity contribution is 0.101. The fraction of sp³-hybridized carbons (Fsp3) is 0.667. The molecule has 5 heteroatoms. The smallest absolute Gasteiger partial charge is 0.243 e. The number of hydrogen-bond acceptors (Lipinski definition) is 3. The highest BCUT2D eigenvalue weighted by Crippen LogP contribution is 2.28. The van der Waals surface area contributed by atoms with Crippen LogP contribution in [-0.2, 0) is 10.0 Å². The Morgan fingerprint density at radius 2 is 1.48 bits per heavy atom. The first-order chi connectivity index (χ1) is 11.0. The Kier molecular flexibility index (Phi) is 5.09. The SMILES string of the molecule is Cc1ccc(S(=O)(=O)N2CCN(C3CCC(C)CC3)CC2)cc1. The second-order valence-electron chi connectivity index (χ2n) is 7.17. The Morgan fingerprint density at radius 1 is 0.913 bits per heavy atom. The maximum atomic E-state index is 12.7. The molecule has 1 aliphatic heterocycles. The molecule has 23 heavy (non-hydrogen) atoms. The second-order valence-corrected chi connectivity index (χ2v) is 9.10. The molecule has 3 rings (SSSR count). The highest BCUT2D eigenvalue weighted by molar-refractivity contribution is 7.89. The normalized spacial score (nSPS) is 27.9. The lowest BCUT2D eigenvalue weighted by Crippen LogP contribution is -2.52. The number of rotatable bonds is 3. The van der Waals surface area contributed by atoms with Crippen LogP contribution in [0.5, 0.6) is 0 Å². The van der Waals surface area contributed by atoms with Crippen molar-refractivity contribution in [1.82, 2.24) is 9.21 Å². The zero-order chi connectivity index (χ0) is 16.4. The largest absolute Gasteiger partial charge is 0.298 e. The van der Waals surface area contributed by atoms with Crippen molar-refractivity contribution < 1.29 is 8.42 Å². The molecule has 0 atom stereocenters. The lowest BCUT2D eigenvalue weighted by atomic mass is 9.86. The predicted octanol–water partition coefficient (Wildman–Crippen LogP) is 2.88. The Labute approximate surface area is 140 Å². The van der Waals surface area contributed by atoms with Crippen molar-refractivity contribution in [3.8, 4) is 0 Å². The average molecular weight is 337 g/mol. The monoisotopic (exact) mass is 336 g/mol. The number of aryl methyl sites for hydroxylation is 1. The molecule has 0 bridgehead atoms. The van der Waals surface area contributed by atoms with E-state index < -0.39 is 10.0 Å².